The lowest BCUT2D eigenvalue weighted by atomic mass is 9.85. The molecule has 8 heteroatoms. The Labute approximate surface area is 142 Å². The van der Waals surface area contributed by atoms with Gasteiger partial charge in [0.05, 0.1) is 23.3 Å². The highest BCUT2D eigenvalue weighted by Gasteiger charge is 2.29. The third-order valence-corrected chi connectivity index (χ3v) is 5.03. The predicted molar refractivity (Wildman–Crippen MR) is 91.8 cm³/mol. The molecule has 3 aromatic rings. The van der Waals surface area contributed by atoms with Crippen LogP contribution in [-0.2, 0) is 4.79 Å². The molecule has 0 unspecified atom stereocenters. The molecule has 1 aliphatic rings. The number of aromatic amines is 2. The van der Waals surface area contributed by atoms with E-state index in [1.165, 1.54) is 0 Å². The Hall–Kier alpha value is -3.08. The molecule has 0 bridgehead atoms. The third-order valence-electron chi connectivity index (χ3n) is 5.03. The molecule has 25 heavy (non-hydrogen) atoms. The number of amides is 1. The smallest absolute Gasteiger partial charge is 0.326 e. The number of imidazole rings is 1. The molecule has 1 aliphatic carbocycles. The van der Waals surface area contributed by atoms with Crippen LogP contribution < -0.4 is 11.0 Å². The summed E-state index contributed by atoms with van der Waals surface area (Å²) in [6.45, 7) is 0.0408. The minimum Gasteiger partial charge on any atom is -0.346 e. The normalized spacial score (nSPS) is 20.6. The van der Waals surface area contributed by atoms with Crippen LogP contribution in [0.25, 0.3) is 22.1 Å². The van der Waals surface area contributed by atoms with Gasteiger partial charge in [0.2, 0.25) is 5.91 Å². The molecule has 4 rings (SSSR count). The van der Waals surface area contributed by atoms with Crippen molar-refractivity contribution in [1.29, 1.82) is 5.26 Å². The number of nitrogens with one attached hydrogen (secondary N) is 3. The first-order valence-corrected chi connectivity index (χ1v) is 8.40. The van der Waals surface area contributed by atoms with Gasteiger partial charge in [0.1, 0.15) is 12.2 Å². The van der Waals surface area contributed by atoms with Gasteiger partial charge in [-0.2, -0.15) is 5.26 Å². The van der Waals surface area contributed by atoms with Gasteiger partial charge in [0, 0.05) is 23.5 Å². The third kappa shape index (κ3) is 2.58. The Bertz CT molecular complexity index is 1030. The van der Waals surface area contributed by atoms with Crippen molar-refractivity contribution < 1.29 is 4.79 Å². The van der Waals surface area contributed by atoms with Crippen LogP contribution in [0.15, 0.2) is 23.3 Å². The molecule has 0 atom stereocenters. The van der Waals surface area contributed by atoms with Crippen LogP contribution in [0.2, 0.25) is 0 Å². The summed E-state index contributed by atoms with van der Waals surface area (Å²) < 4.78 is 1.82. The van der Waals surface area contributed by atoms with E-state index in [0.29, 0.717) is 12.8 Å². The van der Waals surface area contributed by atoms with Crippen LogP contribution in [0.5, 0.6) is 0 Å². The minimum absolute atomic E-state index is 0.0408. The molecule has 1 saturated carbocycles. The van der Waals surface area contributed by atoms with Crippen molar-refractivity contribution >= 4 is 28.0 Å². The minimum atomic E-state index is -0.136. The molecule has 128 valence electrons. The fourth-order valence-electron chi connectivity index (χ4n) is 3.84. The molecule has 8 nitrogen and oxygen atoms in total. The number of hydrogen-bond donors (Lipinski definition) is 3. The van der Waals surface area contributed by atoms with E-state index in [1.54, 1.807) is 6.20 Å². The van der Waals surface area contributed by atoms with Crippen molar-refractivity contribution in [2.24, 2.45) is 5.92 Å². The maximum absolute atomic E-state index is 12.5. The molecular weight excluding hydrogens is 320 g/mol. The number of pyridine rings is 1. The first-order chi connectivity index (χ1) is 12.2. The van der Waals surface area contributed by atoms with E-state index in [1.807, 2.05) is 22.9 Å². The number of rotatable bonds is 3. The Morgan fingerprint density at radius 1 is 1.40 bits per heavy atom. The monoisotopic (exact) mass is 338 g/mol. The van der Waals surface area contributed by atoms with Crippen molar-refractivity contribution in [2.45, 2.75) is 31.7 Å². The highest BCUT2D eigenvalue weighted by Crippen LogP contribution is 2.34. The maximum Gasteiger partial charge on any atom is 0.326 e. The number of hydrogen-bond acceptors (Lipinski definition) is 4. The Balaban J connectivity index is 1.62. The Morgan fingerprint density at radius 2 is 2.20 bits per heavy atom. The van der Waals surface area contributed by atoms with Gasteiger partial charge >= 0.3 is 5.69 Å². The van der Waals surface area contributed by atoms with Crippen LogP contribution in [0, 0.1) is 17.2 Å². The SMILES string of the molecule is N#CCNC(=O)C1CCC(n2c(=O)[nH]c3cnc4[nH]ccc4c32)CC1. The molecule has 0 aliphatic heterocycles. The maximum atomic E-state index is 12.5. The molecule has 3 aromatic heterocycles. The molecular formula is C17H18N6O2. The molecule has 1 fully saturated rings. The van der Waals surface area contributed by atoms with Crippen molar-refractivity contribution in [3.63, 3.8) is 0 Å². The van der Waals surface area contributed by atoms with Crippen LogP contribution in [0.3, 0.4) is 0 Å². The first kappa shape index (κ1) is 15.4. The van der Waals surface area contributed by atoms with Crippen LogP contribution in [0.1, 0.15) is 31.7 Å². The zero-order valence-corrected chi connectivity index (χ0v) is 13.6. The Kier molecular flexibility index (Phi) is 3.76. The second kappa shape index (κ2) is 6.09. The number of aromatic nitrogens is 4. The van der Waals surface area contributed by atoms with Gasteiger partial charge in [-0.25, -0.2) is 9.78 Å². The fourth-order valence-corrected chi connectivity index (χ4v) is 3.84. The van der Waals surface area contributed by atoms with E-state index < -0.39 is 0 Å². The van der Waals surface area contributed by atoms with Gasteiger partial charge in [0.25, 0.3) is 0 Å². The van der Waals surface area contributed by atoms with E-state index in [9.17, 15) is 9.59 Å². The van der Waals surface area contributed by atoms with E-state index in [2.05, 4.69) is 20.3 Å². The average molecular weight is 338 g/mol. The van der Waals surface area contributed by atoms with Gasteiger partial charge in [-0.1, -0.05) is 0 Å². The summed E-state index contributed by atoms with van der Waals surface area (Å²) in [5.74, 6) is -0.150. The molecule has 1 amide bonds. The van der Waals surface area contributed by atoms with Gasteiger partial charge in [0.15, 0.2) is 0 Å². The average Bonchev–Trinajstić information content (AvgIpc) is 3.22. The van der Waals surface area contributed by atoms with Gasteiger partial charge in [-0.3, -0.25) is 9.36 Å². The molecule has 0 spiro atoms. The van der Waals surface area contributed by atoms with E-state index in [4.69, 9.17) is 5.26 Å². The highest BCUT2D eigenvalue weighted by atomic mass is 16.2. The van der Waals surface area contributed by atoms with Gasteiger partial charge < -0.3 is 15.3 Å². The highest BCUT2D eigenvalue weighted by molar-refractivity contribution is 6.00. The van der Waals surface area contributed by atoms with E-state index >= 15 is 0 Å². The fraction of sp³-hybridized carbons (Fsp3) is 0.412. The van der Waals surface area contributed by atoms with Crippen LogP contribution in [-0.4, -0.2) is 32.0 Å². The zero-order chi connectivity index (χ0) is 17.4. The summed E-state index contributed by atoms with van der Waals surface area (Å²) >= 11 is 0. The van der Waals surface area contributed by atoms with E-state index in [0.717, 1.165) is 34.9 Å². The van der Waals surface area contributed by atoms with Gasteiger partial charge in [-0.15, -0.1) is 0 Å². The molecule has 0 aromatic carbocycles. The lowest BCUT2D eigenvalue weighted by molar-refractivity contribution is -0.125. The quantitative estimate of drug-likeness (QED) is 0.628. The summed E-state index contributed by atoms with van der Waals surface area (Å²) in [5.41, 5.74) is 2.22. The number of nitrogens with zero attached hydrogens (tertiary/aromatic N) is 3. The molecule has 3 heterocycles. The zero-order valence-electron chi connectivity index (χ0n) is 13.6. The Morgan fingerprint density at radius 3 is 2.96 bits per heavy atom. The second-order valence-electron chi connectivity index (χ2n) is 6.44. The summed E-state index contributed by atoms with van der Waals surface area (Å²) in [4.78, 5) is 34.8. The molecule has 0 saturated heterocycles. The van der Waals surface area contributed by atoms with Crippen molar-refractivity contribution in [3.8, 4) is 6.07 Å². The lowest BCUT2D eigenvalue weighted by Gasteiger charge is -2.28. The first-order valence-electron chi connectivity index (χ1n) is 8.40. The van der Waals surface area contributed by atoms with Crippen molar-refractivity contribution in [3.05, 3.63) is 28.9 Å². The van der Waals surface area contributed by atoms with E-state index in [-0.39, 0.29) is 30.1 Å². The second-order valence-corrected chi connectivity index (χ2v) is 6.44. The van der Waals surface area contributed by atoms with Crippen molar-refractivity contribution in [1.82, 2.24) is 24.8 Å². The number of nitriles is 1. The van der Waals surface area contributed by atoms with Crippen LogP contribution >= 0.6 is 0 Å². The number of H-pyrrole nitrogens is 2. The largest absolute Gasteiger partial charge is 0.346 e. The summed E-state index contributed by atoms with van der Waals surface area (Å²) in [7, 11) is 0. The number of carbonyl (C=O) groups is 1. The summed E-state index contributed by atoms with van der Waals surface area (Å²) in [6.07, 6.45) is 6.42. The summed E-state index contributed by atoms with van der Waals surface area (Å²) in [6, 6.07) is 3.90. The van der Waals surface area contributed by atoms with Crippen LogP contribution in [0.4, 0.5) is 0 Å². The number of carbonyl (C=O) groups excluding carboxylic acids is 1. The molecule has 0 radical (unpaired) electrons. The number of fused-ring (bicyclic) bond motifs is 3. The topological polar surface area (TPSA) is 119 Å². The molecule has 3 N–H and O–H groups in total. The van der Waals surface area contributed by atoms with Crippen molar-refractivity contribution in [2.75, 3.05) is 6.54 Å². The lowest BCUT2D eigenvalue weighted by Crippen LogP contribution is -2.35. The summed E-state index contributed by atoms with van der Waals surface area (Å²) in [5, 5.41) is 12.1. The van der Waals surface area contributed by atoms with Gasteiger partial charge in [-0.05, 0) is 31.7 Å². The standard InChI is InChI=1S/C17H18N6O2/c18-6-8-20-16(24)10-1-3-11(4-2-10)23-14-12-5-7-19-15(12)21-9-13(14)22-17(23)25/h5,7,9-11H,1-4,8H2,(H,19,21)(H,20,24)(H,22,25). The predicted octanol–water partition coefficient (Wildman–Crippen LogP) is 1.58.